The van der Waals surface area contributed by atoms with Crippen molar-refractivity contribution in [2.75, 3.05) is 19.5 Å². The summed E-state index contributed by atoms with van der Waals surface area (Å²) >= 11 is 1.11. The van der Waals surface area contributed by atoms with Crippen molar-refractivity contribution in [1.82, 2.24) is 20.0 Å². The highest BCUT2D eigenvalue weighted by molar-refractivity contribution is 7.14. The molecule has 0 radical (unpaired) electrons. The van der Waals surface area contributed by atoms with Crippen molar-refractivity contribution >= 4 is 34.2 Å². The summed E-state index contributed by atoms with van der Waals surface area (Å²) in [6, 6.07) is 0. The second-order valence-corrected chi connectivity index (χ2v) is 4.29. The number of hydrogen-bond acceptors (Lipinski definition) is 9. The molecule has 0 spiro atoms. The monoisotopic (exact) mass is 310 g/mol. The summed E-state index contributed by atoms with van der Waals surface area (Å²) < 4.78 is 5.44. The Hall–Kier alpha value is -2.82. The highest BCUT2D eigenvalue weighted by atomic mass is 32.1. The number of carbonyl (C=O) groups excluding carboxylic acids is 2. The van der Waals surface area contributed by atoms with Crippen LogP contribution in [0.25, 0.3) is 0 Å². The Balaban J connectivity index is 2.25. The lowest BCUT2D eigenvalue weighted by atomic mass is 10.3. The molecule has 2 aromatic heterocycles. The van der Waals surface area contributed by atoms with E-state index in [1.807, 2.05) is 0 Å². The lowest BCUT2D eigenvalue weighted by molar-refractivity contribution is 0.0966. The van der Waals surface area contributed by atoms with Gasteiger partial charge in [0.05, 0.1) is 19.5 Å². The van der Waals surface area contributed by atoms with E-state index in [1.165, 1.54) is 32.0 Å². The molecule has 110 valence electrons. The summed E-state index contributed by atoms with van der Waals surface area (Å²) in [5.41, 5.74) is 0.158. The molecule has 0 fully saturated rings. The number of methoxy groups -OCH3 is 1. The van der Waals surface area contributed by atoms with Gasteiger partial charge in [-0.05, 0) is 0 Å². The lowest BCUT2D eigenvalue weighted by Gasteiger charge is -2.01. The fourth-order valence-electron chi connectivity index (χ4n) is 1.29. The van der Waals surface area contributed by atoms with Crippen LogP contribution in [0.2, 0.25) is 0 Å². The number of anilines is 1. The molecule has 0 saturated carbocycles. The minimum Gasteiger partial charge on any atom is -0.453 e. The van der Waals surface area contributed by atoms with Crippen LogP contribution in [0, 0.1) is 0 Å². The zero-order chi connectivity index (χ0) is 15.2. The predicted octanol–water partition coefficient (Wildman–Crippen LogP) is 0.604. The number of thiazole rings is 1. The molecular weight excluding hydrogens is 300 g/mol. The summed E-state index contributed by atoms with van der Waals surface area (Å²) in [6.45, 7) is 0. The molecule has 0 bridgehead atoms. The van der Waals surface area contributed by atoms with Crippen LogP contribution < -0.4 is 5.32 Å². The normalized spacial score (nSPS) is 11.0. The molecule has 1 N–H and O–H groups in total. The van der Waals surface area contributed by atoms with Crippen molar-refractivity contribution in [3.8, 4) is 0 Å². The Morgan fingerprint density at radius 3 is 2.86 bits per heavy atom. The minimum absolute atomic E-state index is 0.0721. The highest BCUT2D eigenvalue weighted by Crippen LogP contribution is 2.17. The van der Waals surface area contributed by atoms with Crippen molar-refractivity contribution in [2.24, 2.45) is 5.16 Å². The van der Waals surface area contributed by atoms with Gasteiger partial charge >= 0.3 is 12.0 Å². The number of rotatable bonds is 4. The smallest absolute Gasteiger partial charge is 0.413 e. The Morgan fingerprint density at radius 2 is 2.24 bits per heavy atom. The Labute approximate surface area is 122 Å². The van der Waals surface area contributed by atoms with Crippen LogP contribution in [0.1, 0.15) is 10.5 Å². The average molecular weight is 310 g/mol. The van der Waals surface area contributed by atoms with E-state index in [-0.39, 0.29) is 16.5 Å². The maximum Gasteiger partial charge on any atom is 0.413 e. The van der Waals surface area contributed by atoms with Gasteiger partial charge in [-0.1, -0.05) is 10.4 Å². The second-order valence-electron chi connectivity index (χ2n) is 3.43. The molecule has 0 aliphatic rings. The van der Waals surface area contributed by atoms with Crippen LogP contribution >= 0.6 is 11.3 Å². The van der Waals surface area contributed by atoms with Crippen LogP contribution in [0.3, 0.4) is 0 Å². The number of carbonyl (C=O) groups is 2. The van der Waals surface area contributed by atoms with Gasteiger partial charge in [0, 0.05) is 5.38 Å². The molecule has 0 aliphatic carbocycles. The molecule has 0 unspecified atom stereocenters. The summed E-state index contributed by atoms with van der Waals surface area (Å²) in [4.78, 5) is 32.0. The topological polar surface area (TPSA) is 121 Å². The van der Waals surface area contributed by atoms with Crippen molar-refractivity contribution in [2.45, 2.75) is 0 Å². The lowest BCUT2D eigenvalue weighted by Crippen LogP contribution is -2.24. The predicted molar refractivity (Wildman–Crippen MR) is 72.3 cm³/mol. The molecule has 2 heterocycles. The molecule has 11 heteroatoms. The zero-order valence-electron chi connectivity index (χ0n) is 11.0. The molecule has 1 amide bonds. The Morgan fingerprint density at radius 1 is 1.43 bits per heavy atom. The van der Waals surface area contributed by atoms with Crippen LogP contribution in [-0.4, -0.2) is 51.9 Å². The van der Waals surface area contributed by atoms with Crippen molar-refractivity contribution in [3.63, 3.8) is 0 Å². The SMILES string of the molecule is CON=C(C(=O)n1ccnn1)c1csc(NC(=O)OC)n1. The summed E-state index contributed by atoms with van der Waals surface area (Å²) in [5, 5.41) is 14.9. The maximum absolute atomic E-state index is 12.2. The molecule has 0 aromatic carbocycles. The van der Waals surface area contributed by atoms with E-state index >= 15 is 0 Å². The third-order valence-electron chi connectivity index (χ3n) is 2.16. The number of hydrogen-bond donors (Lipinski definition) is 1. The maximum atomic E-state index is 12.2. The van der Waals surface area contributed by atoms with E-state index in [0.717, 1.165) is 16.0 Å². The molecule has 2 aromatic rings. The van der Waals surface area contributed by atoms with Crippen LogP contribution in [0.5, 0.6) is 0 Å². The standard InChI is InChI=1S/C10H10N6O4S/c1-19-10(18)13-9-12-6(5-21-9)7(14-20-2)8(17)16-4-3-11-15-16/h3-5H,1-2H3,(H,12,13,18). The van der Waals surface area contributed by atoms with Crippen molar-refractivity contribution in [1.29, 1.82) is 0 Å². The minimum atomic E-state index is -0.663. The van der Waals surface area contributed by atoms with Gasteiger partial charge in [-0.3, -0.25) is 10.1 Å². The first-order valence-electron chi connectivity index (χ1n) is 5.48. The summed E-state index contributed by atoms with van der Waals surface area (Å²) in [6.07, 6.45) is 2.06. The van der Waals surface area contributed by atoms with Gasteiger partial charge in [-0.2, -0.15) is 4.68 Å². The van der Waals surface area contributed by atoms with Gasteiger partial charge in [0.1, 0.15) is 12.8 Å². The van der Waals surface area contributed by atoms with Crippen molar-refractivity contribution in [3.05, 3.63) is 23.5 Å². The number of ether oxygens (including phenoxy) is 1. The fraction of sp³-hybridized carbons (Fsp3) is 0.200. The third-order valence-corrected chi connectivity index (χ3v) is 2.91. The van der Waals surface area contributed by atoms with Crippen LogP contribution in [-0.2, 0) is 9.57 Å². The Bertz CT molecular complexity index is 665. The van der Waals surface area contributed by atoms with E-state index in [4.69, 9.17) is 0 Å². The largest absolute Gasteiger partial charge is 0.453 e. The number of nitrogens with zero attached hydrogens (tertiary/aromatic N) is 5. The molecule has 10 nitrogen and oxygen atoms in total. The first-order valence-corrected chi connectivity index (χ1v) is 6.36. The van der Waals surface area contributed by atoms with Crippen LogP contribution in [0.4, 0.5) is 9.93 Å². The van der Waals surface area contributed by atoms with Gasteiger partial charge in [0.2, 0.25) is 0 Å². The van der Waals surface area contributed by atoms with Crippen LogP contribution in [0.15, 0.2) is 22.9 Å². The second kappa shape index (κ2) is 6.56. The van der Waals surface area contributed by atoms with Gasteiger partial charge in [-0.25, -0.2) is 9.78 Å². The molecule has 21 heavy (non-hydrogen) atoms. The molecule has 0 atom stereocenters. The number of aromatic nitrogens is 4. The van der Waals surface area contributed by atoms with E-state index in [9.17, 15) is 9.59 Å². The number of oxime groups is 1. The van der Waals surface area contributed by atoms with Gasteiger partial charge in [0.15, 0.2) is 10.8 Å². The molecule has 0 saturated heterocycles. The van der Waals surface area contributed by atoms with Gasteiger partial charge < -0.3 is 9.57 Å². The third kappa shape index (κ3) is 3.39. The van der Waals surface area contributed by atoms with E-state index in [1.54, 1.807) is 0 Å². The van der Waals surface area contributed by atoms with E-state index < -0.39 is 12.0 Å². The summed E-state index contributed by atoms with van der Waals surface area (Å²) in [5.74, 6) is -0.565. The van der Waals surface area contributed by atoms with Crippen molar-refractivity contribution < 1.29 is 19.2 Å². The molecule has 2 rings (SSSR count). The number of amides is 1. The van der Waals surface area contributed by atoms with E-state index in [2.05, 4.69) is 35.3 Å². The van der Waals surface area contributed by atoms with Gasteiger partial charge in [-0.15, -0.1) is 16.4 Å². The molecule has 0 aliphatic heterocycles. The van der Waals surface area contributed by atoms with Gasteiger partial charge in [0.25, 0.3) is 0 Å². The zero-order valence-corrected chi connectivity index (χ0v) is 11.8. The fourth-order valence-corrected chi connectivity index (χ4v) is 1.97. The van der Waals surface area contributed by atoms with E-state index in [0.29, 0.717) is 0 Å². The Kier molecular flexibility index (Phi) is 4.56. The summed E-state index contributed by atoms with van der Waals surface area (Å²) in [7, 11) is 2.53. The molecular formula is C10H10N6O4S. The first-order chi connectivity index (χ1) is 10.2. The quantitative estimate of drug-likeness (QED) is 0.648. The highest BCUT2D eigenvalue weighted by Gasteiger charge is 2.21. The average Bonchev–Trinajstić information content (AvgIpc) is 3.15. The first kappa shape index (κ1) is 14.6. The number of nitrogens with one attached hydrogen (secondary N) is 1.